The second-order valence-corrected chi connectivity index (χ2v) is 5.47. The Morgan fingerprint density at radius 1 is 1.35 bits per heavy atom. The minimum absolute atomic E-state index is 0. The van der Waals surface area contributed by atoms with Crippen molar-refractivity contribution in [3.05, 3.63) is 33.8 Å². The molecule has 20 heavy (non-hydrogen) atoms. The highest BCUT2D eigenvalue weighted by Gasteiger charge is 2.14. The van der Waals surface area contributed by atoms with Gasteiger partial charge < -0.3 is 11.1 Å². The molecule has 3 nitrogen and oxygen atoms in total. The molecule has 0 radical (unpaired) electrons. The van der Waals surface area contributed by atoms with Crippen LogP contribution in [0.3, 0.4) is 0 Å². The molecule has 1 unspecified atom stereocenters. The number of hydrogen-bond donors (Lipinski definition) is 2. The maximum Gasteiger partial charge on any atom is 0.223 e. The Balaban J connectivity index is 0.00000361. The average molecular weight is 340 g/mol. The molecule has 1 aromatic rings. The lowest BCUT2D eigenvalue weighted by molar-refractivity contribution is -0.124. The normalized spacial score (nSPS) is 11.6. The highest BCUT2D eigenvalue weighted by atomic mass is 35.5. The van der Waals surface area contributed by atoms with E-state index in [0.29, 0.717) is 29.6 Å². The Labute approximate surface area is 136 Å². The van der Waals surface area contributed by atoms with Crippen LogP contribution in [-0.4, -0.2) is 19.0 Å². The zero-order chi connectivity index (χ0) is 14.3. The van der Waals surface area contributed by atoms with Gasteiger partial charge in [-0.3, -0.25) is 4.79 Å². The summed E-state index contributed by atoms with van der Waals surface area (Å²) in [6.07, 6.45) is 2.45. The maximum absolute atomic E-state index is 11.9. The van der Waals surface area contributed by atoms with Crippen molar-refractivity contribution < 1.29 is 4.79 Å². The highest BCUT2D eigenvalue weighted by molar-refractivity contribution is 6.35. The SMILES string of the molecule is CC(Cc1ccc(Cl)cc1Cl)C(=O)NCCCCN.Cl. The van der Waals surface area contributed by atoms with Crippen LogP contribution in [0.15, 0.2) is 18.2 Å². The summed E-state index contributed by atoms with van der Waals surface area (Å²) in [7, 11) is 0. The van der Waals surface area contributed by atoms with Crippen LogP contribution < -0.4 is 11.1 Å². The van der Waals surface area contributed by atoms with Crippen molar-refractivity contribution in [1.82, 2.24) is 5.32 Å². The van der Waals surface area contributed by atoms with Crippen LogP contribution in [0.4, 0.5) is 0 Å². The largest absolute Gasteiger partial charge is 0.356 e. The highest BCUT2D eigenvalue weighted by Crippen LogP contribution is 2.23. The first kappa shape index (κ1) is 19.5. The van der Waals surface area contributed by atoms with Crippen LogP contribution in [0.1, 0.15) is 25.3 Å². The molecule has 6 heteroatoms. The van der Waals surface area contributed by atoms with Crippen LogP contribution >= 0.6 is 35.6 Å². The number of unbranched alkanes of at least 4 members (excludes halogenated alkanes) is 1. The molecule has 0 fully saturated rings. The third-order valence-corrected chi connectivity index (χ3v) is 3.51. The van der Waals surface area contributed by atoms with E-state index in [4.69, 9.17) is 28.9 Å². The number of hydrogen-bond acceptors (Lipinski definition) is 2. The van der Waals surface area contributed by atoms with Gasteiger partial charge in [-0.05, 0) is 43.5 Å². The molecule has 0 saturated heterocycles. The molecule has 0 aliphatic rings. The predicted octanol–water partition coefficient (Wildman–Crippen LogP) is 3.45. The van der Waals surface area contributed by atoms with E-state index < -0.39 is 0 Å². The summed E-state index contributed by atoms with van der Waals surface area (Å²) in [6, 6.07) is 5.35. The lowest BCUT2D eigenvalue weighted by Crippen LogP contribution is -2.31. The Hall–Kier alpha value is -0.480. The second kappa shape index (κ2) is 10.3. The summed E-state index contributed by atoms with van der Waals surface area (Å²) < 4.78 is 0. The van der Waals surface area contributed by atoms with Gasteiger partial charge in [0.25, 0.3) is 0 Å². The molecule has 0 saturated carbocycles. The second-order valence-electron chi connectivity index (χ2n) is 4.63. The van der Waals surface area contributed by atoms with Crippen LogP contribution in [0.5, 0.6) is 0 Å². The first-order valence-electron chi connectivity index (χ1n) is 6.46. The van der Waals surface area contributed by atoms with Crippen LogP contribution in [0, 0.1) is 5.92 Å². The number of carbonyl (C=O) groups is 1. The monoisotopic (exact) mass is 338 g/mol. The Bertz CT molecular complexity index is 427. The number of rotatable bonds is 7. The van der Waals surface area contributed by atoms with Gasteiger partial charge in [0.2, 0.25) is 5.91 Å². The molecule has 3 N–H and O–H groups in total. The third kappa shape index (κ3) is 6.80. The van der Waals surface area contributed by atoms with Gasteiger partial charge in [0.1, 0.15) is 0 Å². The Kier molecular flexibility index (Phi) is 10.0. The summed E-state index contributed by atoms with van der Waals surface area (Å²) >= 11 is 11.9. The van der Waals surface area contributed by atoms with E-state index in [1.54, 1.807) is 12.1 Å². The minimum Gasteiger partial charge on any atom is -0.356 e. The Morgan fingerprint density at radius 2 is 2.05 bits per heavy atom. The van der Waals surface area contributed by atoms with E-state index in [0.717, 1.165) is 18.4 Å². The molecule has 1 aromatic carbocycles. The van der Waals surface area contributed by atoms with Gasteiger partial charge in [-0.1, -0.05) is 36.2 Å². The summed E-state index contributed by atoms with van der Waals surface area (Å²) in [5.41, 5.74) is 6.34. The van der Waals surface area contributed by atoms with E-state index >= 15 is 0 Å². The number of nitrogens with one attached hydrogen (secondary N) is 1. The van der Waals surface area contributed by atoms with Crippen molar-refractivity contribution in [2.45, 2.75) is 26.2 Å². The molecule has 1 atom stereocenters. The predicted molar refractivity (Wildman–Crippen MR) is 87.9 cm³/mol. The number of nitrogens with two attached hydrogens (primary N) is 1. The zero-order valence-corrected chi connectivity index (χ0v) is 13.8. The van der Waals surface area contributed by atoms with Crippen molar-refractivity contribution in [2.75, 3.05) is 13.1 Å². The van der Waals surface area contributed by atoms with Crippen molar-refractivity contribution in [2.24, 2.45) is 11.7 Å². The van der Waals surface area contributed by atoms with Crippen molar-refractivity contribution in [3.8, 4) is 0 Å². The minimum atomic E-state index is -0.114. The molecule has 0 bridgehead atoms. The average Bonchev–Trinajstić information content (AvgIpc) is 2.37. The fraction of sp³-hybridized carbons (Fsp3) is 0.500. The third-order valence-electron chi connectivity index (χ3n) is 2.92. The molecule has 0 heterocycles. The fourth-order valence-electron chi connectivity index (χ4n) is 1.76. The first-order valence-corrected chi connectivity index (χ1v) is 7.22. The summed E-state index contributed by atoms with van der Waals surface area (Å²) in [5, 5.41) is 4.12. The summed E-state index contributed by atoms with van der Waals surface area (Å²) in [6.45, 7) is 3.23. The maximum atomic E-state index is 11.9. The number of halogens is 3. The van der Waals surface area contributed by atoms with Gasteiger partial charge in [-0.25, -0.2) is 0 Å². The van der Waals surface area contributed by atoms with Gasteiger partial charge in [-0.15, -0.1) is 12.4 Å². The molecular formula is C14H21Cl3N2O. The van der Waals surface area contributed by atoms with Gasteiger partial charge in [0.15, 0.2) is 0 Å². The van der Waals surface area contributed by atoms with E-state index in [9.17, 15) is 4.79 Å². The molecular weight excluding hydrogens is 319 g/mol. The molecule has 1 rings (SSSR count). The van der Waals surface area contributed by atoms with Gasteiger partial charge in [0, 0.05) is 22.5 Å². The van der Waals surface area contributed by atoms with Crippen molar-refractivity contribution in [1.29, 1.82) is 0 Å². The zero-order valence-electron chi connectivity index (χ0n) is 11.5. The van der Waals surface area contributed by atoms with Gasteiger partial charge in [0.05, 0.1) is 0 Å². The molecule has 0 spiro atoms. The fourth-order valence-corrected chi connectivity index (χ4v) is 2.25. The van der Waals surface area contributed by atoms with E-state index in [1.807, 2.05) is 13.0 Å². The van der Waals surface area contributed by atoms with Crippen LogP contribution in [0.25, 0.3) is 0 Å². The smallest absolute Gasteiger partial charge is 0.223 e. The number of carbonyl (C=O) groups excluding carboxylic acids is 1. The lowest BCUT2D eigenvalue weighted by Gasteiger charge is -2.13. The molecule has 0 aromatic heterocycles. The number of amides is 1. The number of benzene rings is 1. The first-order chi connectivity index (χ1) is 9.04. The molecule has 0 aliphatic heterocycles. The molecule has 0 aliphatic carbocycles. The van der Waals surface area contributed by atoms with Crippen molar-refractivity contribution in [3.63, 3.8) is 0 Å². The standard InChI is InChI=1S/C14H20Cl2N2O.ClH/c1-10(14(19)18-7-3-2-6-17)8-11-4-5-12(15)9-13(11)16;/h4-5,9-10H,2-3,6-8,17H2,1H3,(H,18,19);1H. The van der Waals surface area contributed by atoms with E-state index in [-0.39, 0.29) is 24.2 Å². The lowest BCUT2D eigenvalue weighted by atomic mass is 10.0. The quantitative estimate of drug-likeness (QED) is 0.748. The van der Waals surface area contributed by atoms with E-state index in [2.05, 4.69) is 5.32 Å². The van der Waals surface area contributed by atoms with Gasteiger partial charge >= 0.3 is 0 Å². The summed E-state index contributed by atoms with van der Waals surface area (Å²) in [4.78, 5) is 11.9. The van der Waals surface area contributed by atoms with Gasteiger partial charge in [-0.2, -0.15) is 0 Å². The summed E-state index contributed by atoms with van der Waals surface area (Å²) in [5.74, 6) is -0.0698. The van der Waals surface area contributed by atoms with Crippen LogP contribution in [0.2, 0.25) is 10.0 Å². The topological polar surface area (TPSA) is 55.1 Å². The molecule has 114 valence electrons. The Morgan fingerprint density at radius 3 is 2.65 bits per heavy atom. The van der Waals surface area contributed by atoms with E-state index in [1.165, 1.54) is 0 Å². The molecule has 1 amide bonds. The van der Waals surface area contributed by atoms with Crippen LogP contribution in [-0.2, 0) is 11.2 Å². The van der Waals surface area contributed by atoms with Crippen molar-refractivity contribution >= 4 is 41.5 Å².